The average Bonchev–Trinajstić information content (AvgIpc) is 3.00. The maximum absolute atomic E-state index is 14.1. The molecular formula is C34H31N5O3. The Hall–Kier alpha value is -4.98. The van der Waals surface area contributed by atoms with Crippen LogP contribution in [0.1, 0.15) is 51.4 Å². The molecular weight excluding hydrogens is 526 g/mol. The molecule has 0 aliphatic rings. The molecule has 210 valence electrons. The Kier molecular flexibility index (Phi) is 7.94. The summed E-state index contributed by atoms with van der Waals surface area (Å²) in [7, 11) is 0. The van der Waals surface area contributed by atoms with E-state index in [0.29, 0.717) is 46.3 Å². The number of anilines is 2. The molecule has 0 spiro atoms. The van der Waals surface area contributed by atoms with Gasteiger partial charge in [-0.3, -0.25) is 14.5 Å². The van der Waals surface area contributed by atoms with Gasteiger partial charge in [0.15, 0.2) is 0 Å². The van der Waals surface area contributed by atoms with Crippen LogP contribution in [0.3, 0.4) is 0 Å². The van der Waals surface area contributed by atoms with Gasteiger partial charge in [-0.2, -0.15) is 0 Å². The normalized spacial score (nSPS) is 11.4. The summed E-state index contributed by atoms with van der Waals surface area (Å²) in [6, 6.07) is 26.9. The number of para-hydroxylation sites is 6. The highest BCUT2D eigenvalue weighted by molar-refractivity contribution is 6.12. The lowest BCUT2D eigenvalue weighted by atomic mass is 10.1. The minimum atomic E-state index is -0.752. The molecule has 0 aliphatic heterocycles. The van der Waals surface area contributed by atoms with Crippen molar-refractivity contribution in [3.05, 3.63) is 84.9 Å². The summed E-state index contributed by atoms with van der Waals surface area (Å²) >= 11 is 0. The lowest BCUT2D eigenvalue weighted by Gasteiger charge is -2.25. The van der Waals surface area contributed by atoms with Gasteiger partial charge >= 0.3 is 5.97 Å². The van der Waals surface area contributed by atoms with Gasteiger partial charge in [-0.15, -0.1) is 0 Å². The van der Waals surface area contributed by atoms with E-state index in [1.807, 2.05) is 84.9 Å². The van der Waals surface area contributed by atoms with Crippen molar-refractivity contribution in [2.75, 3.05) is 4.90 Å². The van der Waals surface area contributed by atoms with Crippen LogP contribution in [-0.2, 0) is 9.59 Å². The summed E-state index contributed by atoms with van der Waals surface area (Å²) in [6.45, 7) is 0. The summed E-state index contributed by atoms with van der Waals surface area (Å²) in [5.41, 5.74) is 7.15. The highest BCUT2D eigenvalue weighted by Gasteiger charge is 2.24. The third-order valence-corrected chi connectivity index (χ3v) is 7.46. The van der Waals surface area contributed by atoms with Gasteiger partial charge in [-0.25, -0.2) is 19.9 Å². The number of rotatable bonds is 11. The second-order valence-electron chi connectivity index (χ2n) is 10.5. The Balaban J connectivity index is 1.37. The first kappa shape index (κ1) is 27.2. The summed E-state index contributed by atoms with van der Waals surface area (Å²) in [5, 5.41) is 8.83. The fourth-order valence-electron chi connectivity index (χ4n) is 5.39. The van der Waals surface area contributed by atoms with E-state index in [1.165, 1.54) is 0 Å². The molecule has 6 aromatic rings. The van der Waals surface area contributed by atoms with Crippen molar-refractivity contribution in [1.29, 1.82) is 0 Å². The fraction of sp³-hybridized carbons (Fsp3) is 0.235. The molecule has 4 aromatic carbocycles. The number of fused-ring (bicyclic) bond motifs is 4. The molecule has 1 amide bonds. The Labute approximate surface area is 243 Å². The molecule has 2 heterocycles. The minimum absolute atomic E-state index is 0.0502. The van der Waals surface area contributed by atoms with Crippen molar-refractivity contribution >= 4 is 67.4 Å². The van der Waals surface area contributed by atoms with E-state index in [9.17, 15) is 9.59 Å². The number of amides is 1. The molecule has 0 atom stereocenters. The smallest absolute Gasteiger partial charge is 0.303 e. The second kappa shape index (κ2) is 12.3. The molecule has 0 saturated heterocycles. The predicted octanol–water partition coefficient (Wildman–Crippen LogP) is 7.75. The van der Waals surface area contributed by atoms with Crippen LogP contribution in [0.2, 0.25) is 0 Å². The number of carbonyl (C=O) groups is 2. The van der Waals surface area contributed by atoms with E-state index in [4.69, 9.17) is 25.0 Å². The van der Waals surface area contributed by atoms with E-state index < -0.39 is 5.97 Å². The van der Waals surface area contributed by atoms with Crippen molar-refractivity contribution in [2.24, 2.45) is 0 Å². The zero-order chi connectivity index (χ0) is 28.9. The number of aliphatic carboxylic acids is 1. The quantitative estimate of drug-likeness (QED) is 0.128. The standard InChI is InChI=1S/C34H31N5O3/c40-31(21-5-3-1-2-4-6-22-32(41)42)39(29-19-11-17-27-33(29)37-25-15-9-7-13-23(25)35-27)30-20-12-18-28-34(30)38-26-16-10-8-14-24(26)36-28/h7-20H,1-6,21-22H2,(H,41,42). The number of hydrogen-bond acceptors (Lipinski definition) is 6. The van der Waals surface area contributed by atoms with Gasteiger partial charge in [0.25, 0.3) is 0 Å². The van der Waals surface area contributed by atoms with E-state index in [-0.39, 0.29) is 12.3 Å². The number of benzene rings is 4. The van der Waals surface area contributed by atoms with Crippen LogP contribution in [0, 0.1) is 0 Å². The van der Waals surface area contributed by atoms with Crippen molar-refractivity contribution < 1.29 is 14.7 Å². The first-order valence-corrected chi connectivity index (χ1v) is 14.4. The lowest BCUT2D eigenvalue weighted by molar-refractivity contribution is -0.137. The molecule has 0 bridgehead atoms. The first-order chi connectivity index (χ1) is 20.6. The number of carboxylic acids is 1. The van der Waals surface area contributed by atoms with E-state index in [0.717, 1.165) is 54.2 Å². The van der Waals surface area contributed by atoms with Crippen molar-refractivity contribution in [3.8, 4) is 0 Å². The van der Waals surface area contributed by atoms with Crippen molar-refractivity contribution in [1.82, 2.24) is 19.9 Å². The first-order valence-electron chi connectivity index (χ1n) is 14.4. The number of carboxylic acid groups (broad SMARTS) is 1. The van der Waals surface area contributed by atoms with Crippen molar-refractivity contribution in [3.63, 3.8) is 0 Å². The maximum Gasteiger partial charge on any atom is 0.303 e. The lowest BCUT2D eigenvalue weighted by Crippen LogP contribution is -2.26. The number of unbranched alkanes of at least 4 members (excludes halogenated alkanes) is 5. The zero-order valence-corrected chi connectivity index (χ0v) is 23.2. The van der Waals surface area contributed by atoms with Crippen LogP contribution in [0.5, 0.6) is 0 Å². The summed E-state index contributed by atoms with van der Waals surface area (Å²) in [5.74, 6) is -0.802. The van der Waals surface area contributed by atoms with Crippen LogP contribution >= 0.6 is 0 Å². The van der Waals surface area contributed by atoms with Crippen LogP contribution in [-0.4, -0.2) is 36.9 Å². The molecule has 0 saturated carbocycles. The molecule has 1 N–H and O–H groups in total. The zero-order valence-electron chi connectivity index (χ0n) is 23.2. The third kappa shape index (κ3) is 5.74. The van der Waals surface area contributed by atoms with E-state index in [1.54, 1.807) is 4.90 Å². The molecule has 2 aromatic heterocycles. The number of aromatic nitrogens is 4. The number of carbonyl (C=O) groups excluding carboxylic acids is 1. The Morgan fingerprint density at radius 1 is 0.500 bits per heavy atom. The molecule has 0 fully saturated rings. The largest absolute Gasteiger partial charge is 0.481 e. The molecule has 42 heavy (non-hydrogen) atoms. The number of nitrogens with zero attached hydrogens (tertiary/aromatic N) is 5. The Bertz CT molecular complexity index is 1800. The van der Waals surface area contributed by atoms with Gasteiger partial charge in [0, 0.05) is 12.8 Å². The van der Waals surface area contributed by atoms with Gasteiger partial charge in [-0.05, 0) is 61.4 Å². The average molecular weight is 558 g/mol. The molecule has 0 radical (unpaired) electrons. The third-order valence-electron chi connectivity index (χ3n) is 7.46. The summed E-state index contributed by atoms with van der Waals surface area (Å²) < 4.78 is 0. The fourth-order valence-corrected chi connectivity index (χ4v) is 5.39. The van der Waals surface area contributed by atoms with E-state index >= 15 is 0 Å². The van der Waals surface area contributed by atoms with Crippen LogP contribution < -0.4 is 4.90 Å². The van der Waals surface area contributed by atoms with Gasteiger partial charge in [0.1, 0.15) is 11.0 Å². The topological polar surface area (TPSA) is 109 Å². The summed E-state index contributed by atoms with van der Waals surface area (Å²) in [6.07, 6.45) is 5.68. The predicted molar refractivity (Wildman–Crippen MR) is 166 cm³/mol. The molecule has 6 rings (SSSR count). The molecule has 0 aliphatic carbocycles. The molecule has 8 heteroatoms. The Morgan fingerprint density at radius 3 is 1.38 bits per heavy atom. The maximum atomic E-state index is 14.1. The highest BCUT2D eigenvalue weighted by atomic mass is 16.4. The van der Waals surface area contributed by atoms with Crippen molar-refractivity contribution in [2.45, 2.75) is 51.4 Å². The highest BCUT2D eigenvalue weighted by Crippen LogP contribution is 2.36. The van der Waals surface area contributed by atoms with Gasteiger partial charge in [0.05, 0.1) is 44.5 Å². The summed E-state index contributed by atoms with van der Waals surface area (Å²) in [4.78, 5) is 46.2. The minimum Gasteiger partial charge on any atom is -0.481 e. The van der Waals surface area contributed by atoms with Crippen LogP contribution in [0.15, 0.2) is 84.9 Å². The molecule has 8 nitrogen and oxygen atoms in total. The van der Waals surface area contributed by atoms with Gasteiger partial charge in [0.2, 0.25) is 5.91 Å². The van der Waals surface area contributed by atoms with Crippen LogP contribution in [0.4, 0.5) is 11.4 Å². The van der Waals surface area contributed by atoms with Crippen LogP contribution in [0.25, 0.3) is 44.1 Å². The number of hydrogen-bond donors (Lipinski definition) is 1. The molecule has 0 unspecified atom stereocenters. The SMILES string of the molecule is O=C(O)CCCCCCCCC(=O)N(c1cccc2nc3ccccc3nc12)c1cccc2nc3ccccc3nc12. The monoisotopic (exact) mass is 557 g/mol. The second-order valence-corrected chi connectivity index (χ2v) is 10.5. The Morgan fingerprint density at radius 2 is 0.905 bits per heavy atom. The van der Waals surface area contributed by atoms with Gasteiger partial charge in [-0.1, -0.05) is 62.1 Å². The van der Waals surface area contributed by atoms with E-state index in [2.05, 4.69) is 0 Å². The van der Waals surface area contributed by atoms with Gasteiger partial charge < -0.3 is 5.11 Å².